The van der Waals surface area contributed by atoms with Crippen molar-refractivity contribution in [2.75, 3.05) is 11.9 Å². The van der Waals surface area contributed by atoms with Gasteiger partial charge in [-0.15, -0.1) is 0 Å². The van der Waals surface area contributed by atoms with Crippen LogP contribution in [0.2, 0.25) is 0 Å². The van der Waals surface area contributed by atoms with Gasteiger partial charge in [-0.3, -0.25) is 0 Å². The lowest BCUT2D eigenvalue weighted by Crippen LogP contribution is -2.01. The highest BCUT2D eigenvalue weighted by Crippen LogP contribution is 2.09. The van der Waals surface area contributed by atoms with E-state index >= 15 is 0 Å². The normalized spacial score (nSPS) is 10.6. The molecule has 0 aromatic carbocycles. The van der Waals surface area contributed by atoms with Crippen molar-refractivity contribution in [1.29, 1.82) is 0 Å². The monoisotopic (exact) mass is 252 g/mol. The molecule has 0 spiro atoms. The first kappa shape index (κ1) is 14.9. The number of hydrogen-bond donors (Lipinski definition) is 1. The van der Waals surface area contributed by atoms with Gasteiger partial charge in [0, 0.05) is 6.54 Å². The second-order valence-corrected chi connectivity index (χ2v) is 4.77. The standard InChI is InChI=1S/C15H25FN2/c1-2-3-4-5-6-7-8-9-12-17-14-10-11-15(16)18-13-14/h10-11,13,17H,2-9,12H2,1H3. The summed E-state index contributed by atoms with van der Waals surface area (Å²) in [6.07, 6.45) is 12.1. The van der Waals surface area contributed by atoms with Crippen molar-refractivity contribution in [3.05, 3.63) is 24.3 Å². The Bertz CT molecular complexity index is 298. The van der Waals surface area contributed by atoms with Crippen LogP contribution in [-0.2, 0) is 0 Å². The van der Waals surface area contributed by atoms with Crippen LogP contribution in [-0.4, -0.2) is 11.5 Å². The van der Waals surface area contributed by atoms with Crippen LogP contribution >= 0.6 is 0 Å². The number of unbranched alkanes of at least 4 members (excludes halogenated alkanes) is 7. The lowest BCUT2D eigenvalue weighted by molar-refractivity contribution is 0.580. The van der Waals surface area contributed by atoms with E-state index in [1.807, 2.05) is 0 Å². The maximum Gasteiger partial charge on any atom is 0.212 e. The third-order valence-corrected chi connectivity index (χ3v) is 3.09. The largest absolute Gasteiger partial charge is 0.384 e. The van der Waals surface area contributed by atoms with Crippen LogP contribution in [0.5, 0.6) is 0 Å². The summed E-state index contributed by atoms with van der Waals surface area (Å²) in [5, 5.41) is 3.25. The molecule has 1 rings (SSSR count). The molecule has 0 atom stereocenters. The van der Waals surface area contributed by atoms with Gasteiger partial charge in [-0.2, -0.15) is 4.39 Å². The van der Waals surface area contributed by atoms with Gasteiger partial charge in [0.05, 0.1) is 11.9 Å². The molecule has 0 aliphatic heterocycles. The molecule has 0 bridgehead atoms. The van der Waals surface area contributed by atoms with Gasteiger partial charge in [-0.05, 0) is 18.6 Å². The van der Waals surface area contributed by atoms with Gasteiger partial charge < -0.3 is 5.32 Å². The van der Waals surface area contributed by atoms with E-state index in [-0.39, 0.29) is 0 Å². The zero-order chi connectivity index (χ0) is 13.1. The summed E-state index contributed by atoms with van der Waals surface area (Å²) in [6, 6.07) is 3.11. The summed E-state index contributed by atoms with van der Waals surface area (Å²) in [7, 11) is 0. The van der Waals surface area contributed by atoms with Crippen molar-refractivity contribution in [3.63, 3.8) is 0 Å². The third kappa shape index (κ3) is 7.25. The summed E-state index contributed by atoms with van der Waals surface area (Å²) in [5.41, 5.74) is 0.902. The molecule has 1 N–H and O–H groups in total. The molecular formula is C15H25FN2. The number of hydrogen-bond acceptors (Lipinski definition) is 2. The first-order chi connectivity index (χ1) is 8.83. The Morgan fingerprint density at radius 3 is 2.28 bits per heavy atom. The third-order valence-electron chi connectivity index (χ3n) is 3.09. The van der Waals surface area contributed by atoms with Gasteiger partial charge in [0.25, 0.3) is 0 Å². The van der Waals surface area contributed by atoms with Crippen LogP contribution in [0.3, 0.4) is 0 Å². The highest BCUT2D eigenvalue weighted by atomic mass is 19.1. The molecule has 18 heavy (non-hydrogen) atoms. The van der Waals surface area contributed by atoms with Gasteiger partial charge in [0.1, 0.15) is 0 Å². The Hall–Kier alpha value is -1.12. The zero-order valence-electron chi connectivity index (χ0n) is 11.4. The van der Waals surface area contributed by atoms with Crippen LogP contribution in [0.4, 0.5) is 10.1 Å². The molecular weight excluding hydrogens is 227 g/mol. The Morgan fingerprint density at radius 1 is 1.00 bits per heavy atom. The van der Waals surface area contributed by atoms with Gasteiger partial charge in [-0.25, -0.2) is 4.98 Å². The first-order valence-corrected chi connectivity index (χ1v) is 7.18. The van der Waals surface area contributed by atoms with Crippen molar-refractivity contribution in [2.45, 2.75) is 58.3 Å². The fraction of sp³-hybridized carbons (Fsp3) is 0.667. The molecule has 1 aromatic heterocycles. The molecule has 0 saturated carbocycles. The Kier molecular flexibility index (Phi) is 8.19. The number of nitrogens with one attached hydrogen (secondary N) is 1. The van der Waals surface area contributed by atoms with Gasteiger partial charge in [-0.1, -0.05) is 51.9 Å². The highest BCUT2D eigenvalue weighted by molar-refractivity contribution is 5.39. The summed E-state index contributed by atoms with van der Waals surface area (Å²) < 4.78 is 12.6. The van der Waals surface area contributed by atoms with E-state index in [0.717, 1.165) is 12.2 Å². The fourth-order valence-corrected chi connectivity index (χ4v) is 1.97. The smallest absolute Gasteiger partial charge is 0.212 e. The van der Waals surface area contributed by atoms with Crippen LogP contribution < -0.4 is 5.32 Å². The van der Waals surface area contributed by atoms with Crippen molar-refractivity contribution in [3.8, 4) is 0 Å². The summed E-state index contributed by atoms with van der Waals surface area (Å²) in [6.45, 7) is 3.19. The van der Waals surface area contributed by atoms with E-state index in [2.05, 4.69) is 17.2 Å². The van der Waals surface area contributed by atoms with Crippen molar-refractivity contribution in [2.24, 2.45) is 0 Å². The van der Waals surface area contributed by atoms with Gasteiger partial charge >= 0.3 is 0 Å². The Balaban J connectivity index is 1.91. The zero-order valence-corrected chi connectivity index (χ0v) is 11.4. The lowest BCUT2D eigenvalue weighted by atomic mass is 10.1. The molecule has 3 heteroatoms. The van der Waals surface area contributed by atoms with Crippen LogP contribution in [0.25, 0.3) is 0 Å². The minimum atomic E-state index is -0.423. The summed E-state index contributed by atoms with van der Waals surface area (Å²) in [4.78, 5) is 3.61. The molecule has 0 aliphatic carbocycles. The molecule has 102 valence electrons. The number of rotatable bonds is 10. The summed E-state index contributed by atoms with van der Waals surface area (Å²) >= 11 is 0. The molecule has 0 unspecified atom stereocenters. The minimum absolute atomic E-state index is 0.423. The Morgan fingerprint density at radius 2 is 1.67 bits per heavy atom. The number of anilines is 1. The number of halogens is 1. The predicted octanol–water partition coefficient (Wildman–Crippen LogP) is 4.77. The van der Waals surface area contributed by atoms with Crippen LogP contribution in [0.1, 0.15) is 58.3 Å². The average Bonchev–Trinajstić information content (AvgIpc) is 2.39. The molecule has 2 nitrogen and oxygen atoms in total. The van der Waals surface area contributed by atoms with E-state index in [4.69, 9.17) is 0 Å². The first-order valence-electron chi connectivity index (χ1n) is 7.18. The van der Waals surface area contributed by atoms with Crippen molar-refractivity contribution in [1.82, 2.24) is 4.98 Å². The summed E-state index contributed by atoms with van der Waals surface area (Å²) in [5.74, 6) is -0.423. The van der Waals surface area contributed by atoms with E-state index in [1.54, 1.807) is 12.3 Å². The average molecular weight is 252 g/mol. The molecule has 1 heterocycles. The maximum atomic E-state index is 12.6. The molecule has 0 fully saturated rings. The minimum Gasteiger partial charge on any atom is -0.384 e. The SMILES string of the molecule is CCCCCCCCCCNc1ccc(F)nc1. The second-order valence-electron chi connectivity index (χ2n) is 4.77. The number of aromatic nitrogens is 1. The topological polar surface area (TPSA) is 24.9 Å². The lowest BCUT2D eigenvalue weighted by Gasteiger charge is -2.05. The van der Waals surface area contributed by atoms with Crippen LogP contribution in [0.15, 0.2) is 18.3 Å². The molecule has 1 aromatic rings. The molecule has 0 aliphatic rings. The van der Waals surface area contributed by atoms with Crippen LogP contribution in [0, 0.1) is 5.95 Å². The van der Waals surface area contributed by atoms with Crippen molar-refractivity contribution < 1.29 is 4.39 Å². The highest BCUT2D eigenvalue weighted by Gasteiger charge is 1.94. The second kappa shape index (κ2) is 9.86. The van der Waals surface area contributed by atoms with Gasteiger partial charge in [0.2, 0.25) is 5.95 Å². The Labute approximate surface area is 110 Å². The van der Waals surface area contributed by atoms with E-state index in [0.29, 0.717) is 0 Å². The quantitative estimate of drug-likeness (QED) is 0.479. The molecule has 0 amide bonds. The van der Waals surface area contributed by atoms with Gasteiger partial charge in [0.15, 0.2) is 0 Å². The number of nitrogens with zero attached hydrogens (tertiary/aromatic N) is 1. The maximum absolute atomic E-state index is 12.6. The molecule has 0 saturated heterocycles. The number of pyridine rings is 1. The van der Waals surface area contributed by atoms with E-state index in [9.17, 15) is 4.39 Å². The van der Waals surface area contributed by atoms with Crippen molar-refractivity contribution >= 4 is 5.69 Å². The van der Waals surface area contributed by atoms with E-state index in [1.165, 1.54) is 57.4 Å². The van der Waals surface area contributed by atoms with E-state index < -0.39 is 5.95 Å². The predicted molar refractivity (Wildman–Crippen MR) is 75.3 cm³/mol. The fourth-order valence-electron chi connectivity index (χ4n) is 1.97. The molecule has 0 radical (unpaired) electrons.